The lowest BCUT2D eigenvalue weighted by atomic mass is 9.68. The van der Waals surface area contributed by atoms with Gasteiger partial charge >= 0.3 is 0 Å². The molecule has 1 amide bonds. The van der Waals surface area contributed by atoms with Gasteiger partial charge in [0, 0.05) is 18.2 Å². The van der Waals surface area contributed by atoms with Gasteiger partial charge in [-0.3, -0.25) is 4.79 Å². The van der Waals surface area contributed by atoms with Gasteiger partial charge in [0.25, 0.3) is 0 Å². The molecule has 1 aromatic rings. The van der Waals surface area contributed by atoms with E-state index in [1.807, 2.05) is 6.07 Å². The highest BCUT2D eigenvalue weighted by Crippen LogP contribution is 2.49. The fourth-order valence-corrected chi connectivity index (χ4v) is 6.91. The molecule has 0 bridgehead atoms. The molecule has 5 nitrogen and oxygen atoms in total. The summed E-state index contributed by atoms with van der Waals surface area (Å²) in [6, 6.07) is 6.66. The maximum atomic E-state index is 14.1. The molecular weight excluding hydrogens is 376 g/mol. The van der Waals surface area contributed by atoms with E-state index in [9.17, 15) is 4.79 Å². The minimum absolute atomic E-state index is 0.0384. The second-order valence-electron chi connectivity index (χ2n) is 9.87. The molecular formula is C25H37N2O3+. The van der Waals surface area contributed by atoms with Crippen molar-refractivity contribution in [2.75, 3.05) is 33.4 Å². The quantitative estimate of drug-likeness (QED) is 0.829. The number of fused-ring (bicyclic) bond motifs is 2. The number of hydrogen-bond acceptors (Lipinski definition) is 3. The number of methoxy groups -OCH3 is 1. The van der Waals surface area contributed by atoms with Gasteiger partial charge in [0.15, 0.2) is 11.5 Å². The number of likely N-dealkylation sites (tertiary alicyclic amines) is 1. The number of carbonyl (C=O) groups is 1. The summed E-state index contributed by atoms with van der Waals surface area (Å²) >= 11 is 0. The smallest absolute Gasteiger partial charge is 0.232 e. The van der Waals surface area contributed by atoms with E-state index >= 15 is 0 Å². The highest BCUT2D eigenvalue weighted by atomic mass is 16.5. The summed E-state index contributed by atoms with van der Waals surface area (Å²) in [5, 5.41) is 2.36. The van der Waals surface area contributed by atoms with Crippen LogP contribution in [0.25, 0.3) is 0 Å². The number of piperidine rings is 1. The summed E-state index contributed by atoms with van der Waals surface area (Å²) in [5.41, 5.74) is 1.06. The van der Waals surface area contributed by atoms with Crippen LogP contribution in [0.4, 0.5) is 0 Å². The minimum atomic E-state index is -0.131. The van der Waals surface area contributed by atoms with Crippen LogP contribution in [0, 0.1) is 11.8 Å². The first kappa shape index (κ1) is 20.2. The molecule has 3 fully saturated rings. The Kier molecular flexibility index (Phi) is 5.65. The largest absolute Gasteiger partial charge is 0.493 e. The molecule has 1 unspecified atom stereocenters. The van der Waals surface area contributed by atoms with E-state index in [1.54, 1.807) is 7.11 Å². The van der Waals surface area contributed by atoms with Gasteiger partial charge in [0.2, 0.25) is 5.91 Å². The third-order valence-electron chi connectivity index (χ3n) is 8.43. The average molecular weight is 414 g/mol. The Bertz CT molecular complexity index is 776. The molecule has 5 heteroatoms. The molecule has 30 heavy (non-hydrogen) atoms. The predicted octanol–water partition coefficient (Wildman–Crippen LogP) is 2.87. The number of rotatable bonds is 3. The van der Waals surface area contributed by atoms with Crippen molar-refractivity contribution in [3.63, 3.8) is 0 Å². The maximum Gasteiger partial charge on any atom is 0.232 e. The van der Waals surface area contributed by atoms with E-state index in [4.69, 9.17) is 9.47 Å². The van der Waals surface area contributed by atoms with Crippen LogP contribution in [0.1, 0.15) is 63.4 Å². The first-order valence-corrected chi connectivity index (χ1v) is 12.2. The summed E-state index contributed by atoms with van der Waals surface area (Å²) in [4.78, 5) is 16.5. The molecule has 1 aromatic carbocycles. The molecule has 3 aliphatic heterocycles. The zero-order chi connectivity index (χ0) is 20.6. The molecule has 0 aromatic heterocycles. The number of nitrogens with zero attached hydrogens (tertiary/aromatic N) is 1. The molecule has 1 spiro atoms. The Labute approximate surface area is 180 Å². The fourth-order valence-electron chi connectivity index (χ4n) is 6.91. The van der Waals surface area contributed by atoms with Crippen LogP contribution in [0.3, 0.4) is 0 Å². The first-order valence-electron chi connectivity index (χ1n) is 12.2. The number of quaternary nitrogens is 1. The maximum absolute atomic E-state index is 14.1. The van der Waals surface area contributed by atoms with Crippen molar-refractivity contribution in [2.24, 2.45) is 11.8 Å². The Morgan fingerprint density at radius 3 is 2.83 bits per heavy atom. The summed E-state index contributed by atoms with van der Waals surface area (Å²) in [6.07, 6.45) is 11.2. The summed E-state index contributed by atoms with van der Waals surface area (Å²) in [6.45, 7) is 3.48. The second-order valence-corrected chi connectivity index (χ2v) is 9.87. The number of para-hydroxylation sites is 1. The molecule has 2 saturated heterocycles. The van der Waals surface area contributed by atoms with Gasteiger partial charge in [-0.1, -0.05) is 31.4 Å². The Hall–Kier alpha value is -1.75. The number of amides is 1. The summed E-state index contributed by atoms with van der Waals surface area (Å²) < 4.78 is 11.7. The van der Waals surface area contributed by atoms with Crippen molar-refractivity contribution in [1.29, 1.82) is 0 Å². The second kappa shape index (κ2) is 8.41. The van der Waals surface area contributed by atoms with Gasteiger partial charge in [0.1, 0.15) is 5.92 Å². The molecule has 1 saturated carbocycles. The van der Waals surface area contributed by atoms with Crippen molar-refractivity contribution >= 4 is 5.91 Å². The van der Waals surface area contributed by atoms with Gasteiger partial charge in [-0.15, -0.1) is 0 Å². The number of carbonyl (C=O) groups excluding carboxylic acids is 1. The fraction of sp³-hybridized carbons (Fsp3) is 0.720. The monoisotopic (exact) mass is 413 g/mol. The van der Waals surface area contributed by atoms with Crippen LogP contribution in [0.5, 0.6) is 11.5 Å². The average Bonchev–Trinajstić information content (AvgIpc) is 3.23. The molecule has 1 aliphatic carbocycles. The zero-order valence-corrected chi connectivity index (χ0v) is 18.4. The molecule has 164 valence electrons. The van der Waals surface area contributed by atoms with Crippen molar-refractivity contribution in [3.8, 4) is 11.5 Å². The van der Waals surface area contributed by atoms with Crippen molar-refractivity contribution in [3.05, 3.63) is 23.8 Å². The predicted molar refractivity (Wildman–Crippen MR) is 116 cm³/mol. The lowest BCUT2D eigenvalue weighted by Gasteiger charge is -2.45. The highest BCUT2D eigenvalue weighted by molar-refractivity contribution is 5.82. The molecule has 3 atom stereocenters. The Morgan fingerprint density at radius 1 is 1.17 bits per heavy atom. The van der Waals surface area contributed by atoms with Crippen molar-refractivity contribution < 1.29 is 19.6 Å². The Morgan fingerprint density at radius 2 is 2.00 bits per heavy atom. The normalized spacial score (nSPS) is 32.0. The first-order chi connectivity index (χ1) is 14.7. The third-order valence-corrected chi connectivity index (χ3v) is 8.43. The van der Waals surface area contributed by atoms with Gasteiger partial charge in [-0.2, -0.15) is 0 Å². The number of benzene rings is 1. The lowest BCUT2D eigenvalue weighted by Crippen LogP contribution is -2.82. The van der Waals surface area contributed by atoms with E-state index in [1.165, 1.54) is 50.5 Å². The number of ether oxygens (including phenoxy) is 2. The SMILES string of the molecule is COc1cccc2c1OCC[C@]21C[NH2+]C[C@H]1C(=O)N1CCCCC1C1CCCCC1. The van der Waals surface area contributed by atoms with Crippen LogP contribution in [-0.2, 0) is 10.2 Å². The Balaban J connectivity index is 1.46. The van der Waals surface area contributed by atoms with Gasteiger partial charge in [0.05, 0.1) is 32.2 Å². The zero-order valence-electron chi connectivity index (χ0n) is 18.4. The third kappa shape index (κ3) is 3.30. The van der Waals surface area contributed by atoms with Gasteiger partial charge < -0.3 is 19.7 Å². The van der Waals surface area contributed by atoms with E-state index in [0.29, 0.717) is 24.5 Å². The highest BCUT2D eigenvalue weighted by Gasteiger charge is 2.56. The molecule has 4 aliphatic rings. The van der Waals surface area contributed by atoms with Crippen molar-refractivity contribution in [1.82, 2.24) is 4.90 Å². The minimum Gasteiger partial charge on any atom is -0.493 e. The van der Waals surface area contributed by atoms with Crippen LogP contribution >= 0.6 is 0 Å². The van der Waals surface area contributed by atoms with Crippen LogP contribution < -0.4 is 14.8 Å². The molecule has 0 radical (unpaired) electrons. The molecule has 5 rings (SSSR count). The van der Waals surface area contributed by atoms with Gasteiger partial charge in [-0.25, -0.2) is 0 Å². The topological polar surface area (TPSA) is 55.4 Å². The van der Waals surface area contributed by atoms with E-state index < -0.39 is 0 Å². The van der Waals surface area contributed by atoms with Gasteiger partial charge in [-0.05, 0) is 50.5 Å². The van der Waals surface area contributed by atoms with Crippen LogP contribution in [0.15, 0.2) is 18.2 Å². The standard InChI is InChI=1S/C25H36N2O3/c1-29-22-12-7-10-19-23(22)30-15-13-25(19)17-26-16-20(25)24(28)27-14-6-5-11-21(27)18-8-3-2-4-9-18/h7,10,12,18,20-21,26H,2-6,8-9,11,13-17H2,1H3/p+1/t20-,21?,25-/m0/s1. The number of nitrogens with two attached hydrogens (primary N) is 1. The molecule has 2 N–H and O–H groups in total. The number of hydrogen-bond donors (Lipinski definition) is 1. The lowest BCUT2D eigenvalue weighted by molar-refractivity contribution is -0.640. The van der Waals surface area contributed by atoms with E-state index in [0.717, 1.165) is 44.0 Å². The summed E-state index contributed by atoms with van der Waals surface area (Å²) in [5.74, 6) is 2.82. The van der Waals surface area contributed by atoms with E-state index in [2.05, 4.69) is 22.3 Å². The molecule has 3 heterocycles. The van der Waals surface area contributed by atoms with Crippen LogP contribution in [0.2, 0.25) is 0 Å². The summed E-state index contributed by atoms with van der Waals surface area (Å²) in [7, 11) is 1.70. The van der Waals surface area contributed by atoms with E-state index in [-0.39, 0.29) is 11.3 Å². The van der Waals surface area contributed by atoms with Crippen LogP contribution in [-0.4, -0.2) is 50.2 Å². The van der Waals surface area contributed by atoms with Crippen molar-refractivity contribution in [2.45, 2.75) is 69.2 Å².